The van der Waals surface area contributed by atoms with Crippen LogP contribution in [0.1, 0.15) is 21.7 Å². The zero-order valence-electron chi connectivity index (χ0n) is 17.6. The summed E-state index contributed by atoms with van der Waals surface area (Å²) in [4.78, 5) is 20.9. The average Bonchev–Trinajstić information content (AvgIpc) is 3.14. The molecule has 6 nitrogen and oxygen atoms in total. The Morgan fingerprint density at radius 2 is 1.94 bits per heavy atom. The van der Waals surface area contributed by atoms with E-state index in [2.05, 4.69) is 9.97 Å². The van der Waals surface area contributed by atoms with Gasteiger partial charge < -0.3 is 14.0 Å². The number of fused-ring (bicyclic) bond motifs is 1. The third kappa shape index (κ3) is 4.49. The normalized spacial score (nSPS) is 11.1. The summed E-state index contributed by atoms with van der Waals surface area (Å²) in [5, 5.41) is 0.352. The fraction of sp³-hybridized carbons (Fsp3) is 0.208. The Balaban J connectivity index is 1.70. The molecule has 2 heterocycles. The minimum absolute atomic E-state index is 0.279. The van der Waals surface area contributed by atoms with Crippen LogP contribution in [0.5, 0.6) is 0 Å². The second-order valence-corrected chi connectivity index (χ2v) is 7.58. The largest absolute Gasteiger partial charge is 0.465 e. The maximum Gasteiger partial charge on any atom is 0.337 e. The molecule has 0 atom stereocenters. The Labute approximate surface area is 189 Å². The molecule has 2 aromatic carbocycles. The first-order valence-corrected chi connectivity index (χ1v) is 10.4. The van der Waals surface area contributed by atoms with Crippen LogP contribution >= 0.6 is 11.6 Å². The predicted molar refractivity (Wildman–Crippen MR) is 120 cm³/mol. The van der Waals surface area contributed by atoms with Crippen molar-refractivity contribution in [1.82, 2.24) is 14.5 Å². The number of benzene rings is 2. The molecule has 0 bridgehead atoms. The number of hydrogen-bond donors (Lipinski definition) is 0. The first kappa shape index (κ1) is 21.9. The molecule has 0 saturated carbocycles. The molecule has 0 aliphatic carbocycles. The van der Waals surface area contributed by atoms with Crippen LogP contribution in [0.15, 0.2) is 54.6 Å². The standard InChI is InChI=1S/C24H21ClFN3O3/c1-31-11-10-29-21-13-17(24(30)32-2)8-9-20(21)28-23(29)14-15-6-7-16(12-18(15)26)19-4-3-5-22(25)27-19/h3-9,12-13H,10-11,14H2,1-2H3. The number of carbonyl (C=O) groups excluding carboxylic acids is 1. The molecule has 4 aromatic rings. The highest BCUT2D eigenvalue weighted by atomic mass is 35.5. The van der Waals surface area contributed by atoms with Crippen molar-refractivity contribution in [3.8, 4) is 11.3 Å². The van der Waals surface area contributed by atoms with Gasteiger partial charge in [0.05, 0.1) is 36.0 Å². The Hall–Kier alpha value is -3.29. The van der Waals surface area contributed by atoms with E-state index < -0.39 is 5.97 Å². The first-order valence-electron chi connectivity index (χ1n) is 9.98. The average molecular weight is 454 g/mol. The second-order valence-electron chi connectivity index (χ2n) is 7.20. The van der Waals surface area contributed by atoms with Gasteiger partial charge in [0.1, 0.15) is 16.8 Å². The minimum atomic E-state index is -0.427. The molecular formula is C24H21ClFN3O3. The van der Waals surface area contributed by atoms with Crippen LogP contribution in [0, 0.1) is 5.82 Å². The van der Waals surface area contributed by atoms with Crippen molar-refractivity contribution in [2.24, 2.45) is 0 Å². The van der Waals surface area contributed by atoms with E-state index in [4.69, 9.17) is 21.1 Å². The molecule has 0 N–H and O–H groups in total. The molecule has 0 fully saturated rings. The molecule has 0 spiro atoms. The van der Waals surface area contributed by atoms with Crippen LogP contribution in [0.2, 0.25) is 5.15 Å². The fourth-order valence-corrected chi connectivity index (χ4v) is 3.74. The molecule has 0 amide bonds. The zero-order chi connectivity index (χ0) is 22.7. The summed E-state index contributed by atoms with van der Waals surface area (Å²) in [5.41, 5.74) is 3.65. The summed E-state index contributed by atoms with van der Waals surface area (Å²) in [6.07, 6.45) is 0.279. The molecule has 32 heavy (non-hydrogen) atoms. The number of halogens is 2. The fourth-order valence-electron chi connectivity index (χ4n) is 3.57. The van der Waals surface area contributed by atoms with Gasteiger partial charge in [-0.2, -0.15) is 0 Å². The lowest BCUT2D eigenvalue weighted by molar-refractivity contribution is 0.0601. The number of ether oxygens (including phenoxy) is 2. The van der Waals surface area contributed by atoms with Crippen molar-refractivity contribution in [3.05, 3.63) is 82.5 Å². The molecule has 0 aliphatic rings. The molecule has 0 unspecified atom stereocenters. The van der Waals surface area contributed by atoms with Crippen molar-refractivity contribution in [1.29, 1.82) is 0 Å². The molecular weight excluding hydrogens is 433 g/mol. The highest BCUT2D eigenvalue weighted by Crippen LogP contribution is 2.25. The summed E-state index contributed by atoms with van der Waals surface area (Å²) < 4.78 is 27.0. The van der Waals surface area contributed by atoms with E-state index in [0.717, 1.165) is 5.52 Å². The quantitative estimate of drug-likeness (QED) is 0.293. The van der Waals surface area contributed by atoms with Crippen molar-refractivity contribution >= 4 is 28.6 Å². The number of methoxy groups -OCH3 is 2. The van der Waals surface area contributed by atoms with E-state index in [-0.39, 0.29) is 12.2 Å². The van der Waals surface area contributed by atoms with Gasteiger partial charge in [-0.25, -0.2) is 19.2 Å². The monoisotopic (exact) mass is 453 g/mol. The summed E-state index contributed by atoms with van der Waals surface area (Å²) in [6, 6.07) is 15.4. The van der Waals surface area contributed by atoms with Gasteiger partial charge >= 0.3 is 5.97 Å². The van der Waals surface area contributed by atoms with E-state index in [1.807, 2.05) is 10.6 Å². The first-order chi connectivity index (χ1) is 15.5. The van der Waals surface area contributed by atoms with E-state index in [1.165, 1.54) is 13.2 Å². The van der Waals surface area contributed by atoms with Crippen LogP contribution in [0.4, 0.5) is 4.39 Å². The van der Waals surface area contributed by atoms with Crippen LogP contribution in [-0.2, 0) is 22.4 Å². The topological polar surface area (TPSA) is 66.2 Å². The number of nitrogens with zero attached hydrogens (tertiary/aromatic N) is 3. The molecule has 164 valence electrons. The molecule has 4 rings (SSSR count). The summed E-state index contributed by atoms with van der Waals surface area (Å²) in [5.74, 6) is -0.110. The highest BCUT2D eigenvalue weighted by Gasteiger charge is 2.16. The Kier molecular flexibility index (Phi) is 6.48. The van der Waals surface area contributed by atoms with Gasteiger partial charge in [0.15, 0.2) is 0 Å². The van der Waals surface area contributed by atoms with Gasteiger partial charge in [0.2, 0.25) is 0 Å². The van der Waals surface area contributed by atoms with Crippen LogP contribution in [-0.4, -0.2) is 41.3 Å². The number of carbonyl (C=O) groups is 1. The summed E-state index contributed by atoms with van der Waals surface area (Å²) >= 11 is 5.96. The van der Waals surface area contributed by atoms with Gasteiger partial charge in [-0.1, -0.05) is 29.8 Å². The van der Waals surface area contributed by atoms with Gasteiger partial charge in [0.25, 0.3) is 0 Å². The third-order valence-electron chi connectivity index (χ3n) is 5.18. The van der Waals surface area contributed by atoms with E-state index >= 15 is 0 Å². The number of aromatic nitrogens is 3. The lowest BCUT2D eigenvalue weighted by Crippen LogP contribution is -2.10. The van der Waals surface area contributed by atoms with Crippen molar-refractivity contribution in [2.75, 3.05) is 20.8 Å². The number of hydrogen-bond acceptors (Lipinski definition) is 5. The van der Waals surface area contributed by atoms with E-state index in [9.17, 15) is 9.18 Å². The smallest absolute Gasteiger partial charge is 0.337 e. The Bertz CT molecular complexity index is 1290. The van der Waals surface area contributed by atoms with Gasteiger partial charge in [-0.3, -0.25) is 0 Å². The molecule has 0 radical (unpaired) electrons. The van der Waals surface area contributed by atoms with Gasteiger partial charge in [0, 0.05) is 25.6 Å². The minimum Gasteiger partial charge on any atom is -0.465 e. The van der Waals surface area contributed by atoms with Crippen LogP contribution in [0.3, 0.4) is 0 Å². The van der Waals surface area contributed by atoms with Crippen LogP contribution < -0.4 is 0 Å². The molecule has 0 aliphatic heterocycles. The van der Waals surface area contributed by atoms with Gasteiger partial charge in [-0.15, -0.1) is 0 Å². The maximum atomic E-state index is 15.0. The van der Waals surface area contributed by atoms with Crippen molar-refractivity contribution in [2.45, 2.75) is 13.0 Å². The maximum absolute atomic E-state index is 15.0. The van der Waals surface area contributed by atoms with Crippen molar-refractivity contribution in [3.63, 3.8) is 0 Å². The zero-order valence-corrected chi connectivity index (χ0v) is 18.4. The number of imidazole rings is 1. The predicted octanol–water partition coefficient (Wildman–Crippen LogP) is 4.91. The SMILES string of the molecule is COCCn1c(Cc2ccc(-c3cccc(Cl)n3)cc2F)nc2ccc(C(=O)OC)cc21. The Morgan fingerprint density at radius 3 is 2.66 bits per heavy atom. The number of rotatable bonds is 7. The molecule has 8 heteroatoms. The second kappa shape index (κ2) is 9.46. The summed E-state index contributed by atoms with van der Waals surface area (Å²) in [7, 11) is 2.95. The van der Waals surface area contributed by atoms with Gasteiger partial charge in [-0.05, 0) is 42.0 Å². The third-order valence-corrected chi connectivity index (χ3v) is 5.39. The van der Waals surface area contributed by atoms with Crippen molar-refractivity contribution < 1.29 is 18.7 Å². The summed E-state index contributed by atoms with van der Waals surface area (Å²) in [6.45, 7) is 0.960. The molecule has 2 aromatic heterocycles. The number of esters is 1. The lowest BCUT2D eigenvalue weighted by Gasteiger charge is -2.10. The molecule has 0 saturated heterocycles. The lowest BCUT2D eigenvalue weighted by atomic mass is 10.1. The highest BCUT2D eigenvalue weighted by molar-refractivity contribution is 6.29. The van der Waals surface area contributed by atoms with E-state index in [0.29, 0.717) is 52.0 Å². The van der Waals surface area contributed by atoms with E-state index in [1.54, 1.807) is 49.6 Å². The number of pyridine rings is 1. The van der Waals surface area contributed by atoms with Crippen LogP contribution in [0.25, 0.3) is 22.3 Å². The Morgan fingerprint density at radius 1 is 1.09 bits per heavy atom.